The third-order valence-electron chi connectivity index (χ3n) is 4.90. The number of carbonyl (C=O) groups excluding carboxylic acids is 1. The van der Waals surface area contributed by atoms with E-state index >= 15 is 0 Å². The average molecular weight is 297 g/mol. The van der Waals surface area contributed by atoms with Gasteiger partial charge in [0.05, 0.1) is 18.4 Å². The van der Waals surface area contributed by atoms with Crippen LogP contribution in [0.25, 0.3) is 0 Å². The van der Waals surface area contributed by atoms with Crippen LogP contribution in [0.3, 0.4) is 0 Å². The van der Waals surface area contributed by atoms with Crippen LogP contribution in [-0.2, 0) is 17.6 Å². The van der Waals surface area contributed by atoms with Crippen molar-refractivity contribution in [3.8, 4) is 5.75 Å². The quantitative estimate of drug-likeness (QED) is 0.947. The molecule has 22 heavy (non-hydrogen) atoms. The Morgan fingerprint density at radius 3 is 2.95 bits per heavy atom. The number of benzene rings is 1. The fourth-order valence-corrected chi connectivity index (χ4v) is 3.75. The molecular weight excluding hydrogens is 278 g/mol. The van der Waals surface area contributed by atoms with Crippen LogP contribution in [0.15, 0.2) is 41.2 Å². The first-order chi connectivity index (χ1) is 10.7. The van der Waals surface area contributed by atoms with E-state index in [1.165, 1.54) is 5.56 Å². The summed E-state index contributed by atoms with van der Waals surface area (Å²) in [6, 6.07) is 7.53. The third-order valence-corrected chi connectivity index (χ3v) is 4.90. The Kier molecular flexibility index (Phi) is 3.17. The van der Waals surface area contributed by atoms with Gasteiger partial charge < -0.3 is 14.4 Å². The molecule has 0 bridgehead atoms. The Hall–Kier alpha value is -2.23. The molecule has 1 saturated heterocycles. The number of aromatic hydroxyl groups is 1. The molecule has 1 aromatic carbocycles. The summed E-state index contributed by atoms with van der Waals surface area (Å²) in [4.78, 5) is 14.6. The second kappa shape index (κ2) is 5.20. The van der Waals surface area contributed by atoms with Gasteiger partial charge in [-0.25, -0.2) is 0 Å². The molecule has 1 fully saturated rings. The molecule has 1 aliphatic carbocycles. The highest BCUT2D eigenvalue weighted by atomic mass is 16.3. The first kappa shape index (κ1) is 13.4. The first-order valence-electron chi connectivity index (χ1n) is 7.83. The highest BCUT2D eigenvalue weighted by Crippen LogP contribution is 2.41. The molecule has 4 nitrogen and oxygen atoms in total. The molecule has 1 amide bonds. The van der Waals surface area contributed by atoms with Gasteiger partial charge in [0.1, 0.15) is 5.75 Å². The normalized spacial score (nSPS) is 20.7. The second-order valence-electron chi connectivity index (χ2n) is 6.39. The number of rotatable bonds is 3. The largest absolute Gasteiger partial charge is 0.508 e. The SMILES string of the molecule is O=C(C1CCc2cccc(O)c21)N1CC(Cc2ccoc2)C1. The summed E-state index contributed by atoms with van der Waals surface area (Å²) in [7, 11) is 0. The Morgan fingerprint density at radius 1 is 1.32 bits per heavy atom. The van der Waals surface area contributed by atoms with E-state index in [9.17, 15) is 9.90 Å². The molecule has 1 unspecified atom stereocenters. The van der Waals surface area contributed by atoms with Crippen molar-refractivity contribution in [3.05, 3.63) is 53.5 Å². The lowest BCUT2D eigenvalue weighted by atomic mass is 9.90. The molecule has 0 radical (unpaired) electrons. The van der Waals surface area contributed by atoms with Crippen molar-refractivity contribution in [1.29, 1.82) is 0 Å². The van der Waals surface area contributed by atoms with E-state index in [1.807, 2.05) is 23.1 Å². The minimum absolute atomic E-state index is 0.161. The van der Waals surface area contributed by atoms with E-state index in [1.54, 1.807) is 18.6 Å². The monoisotopic (exact) mass is 297 g/mol. The minimum Gasteiger partial charge on any atom is -0.508 e. The number of phenols is 1. The molecule has 114 valence electrons. The number of amides is 1. The van der Waals surface area contributed by atoms with Crippen molar-refractivity contribution in [3.63, 3.8) is 0 Å². The van der Waals surface area contributed by atoms with Crippen LogP contribution in [0.5, 0.6) is 5.75 Å². The van der Waals surface area contributed by atoms with E-state index in [-0.39, 0.29) is 17.6 Å². The number of aryl methyl sites for hydroxylation is 1. The van der Waals surface area contributed by atoms with Gasteiger partial charge in [0, 0.05) is 18.7 Å². The summed E-state index contributed by atoms with van der Waals surface area (Å²) >= 11 is 0. The predicted molar refractivity (Wildman–Crippen MR) is 81.7 cm³/mol. The summed E-state index contributed by atoms with van der Waals surface area (Å²) in [5.74, 6) is 0.797. The van der Waals surface area contributed by atoms with Gasteiger partial charge in [-0.3, -0.25) is 4.79 Å². The van der Waals surface area contributed by atoms with E-state index in [0.29, 0.717) is 5.92 Å². The van der Waals surface area contributed by atoms with Crippen molar-refractivity contribution in [2.45, 2.75) is 25.2 Å². The molecule has 2 aromatic rings. The van der Waals surface area contributed by atoms with Crippen LogP contribution in [0.4, 0.5) is 0 Å². The van der Waals surface area contributed by atoms with E-state index in [2.05, 4.69) is 0 Å². The Balaban J connectivity index is 1.41. The van der Waals surface area contributed by atoms with Crippen LogP contribution < -0.4 is 0 Å². The lowest BCUT2D eigenvalue weighted by Crippen LogP contribution is -2.52. The zero-order valence-electron chi connectivity index (χ0n) is 12.4. The van der Waals surface area contributed by atoms with Gasteiger partial charge in [0.2, 0.25) is 5.91 Å². The number of furan rings is 1. The Labute approximate surface area is 129 Å². The van der Waals surface area contributed by atoms with Gasteiger partial charge in [-0.15, -0.1) is 0 Å². The Morgan fingerprint density at radius 2 is 2.18 bits per heavy atom. The van der Waals surface area contributed by atoms with Crippen molar-refractivity contribution >= 4 is 5.91 Å². The maximum absolute atomic E-state index is 12.7. The van der Waals surface area contributed by atoms with Gasteiger partial charge in [-0.1, -0.05) is 12.1 Å². The minimum atomic E-state index is -0.161. The lowest BCUT2D eigenvalue weighted by Gasteiger charge is -2.40. The summed E-state index contributed by atoms with van der Waals surface area (Å²) < 4.78 is 5.08. The fourth-order valence-electron chi connectivity index (χ4n) is 3.75. The summed E-state index contributed by atoms with van der Waals surface area (Å²) in [6.45, 7) is 1.62. The molecule has 0 saturated carbocycles. The number of hydrogen-bond acceptors (Lipinski definition) is 3. The fraction of sp³-hybridized carbons (Fsp3) is 0.389. The number of nitrogens with zero attached hydrogens (tertiary/aromatic N) is 1. The molecule has 2 aliphatic rings. The highest BCUT2D eigenvalue weighted by molar-refractivity contribution is 5.86. The Bertz CT molecular complexity index is 686. The molecule has 4 heteroatoms. The van der Waals surface area contributed by atoms with Crippen molar-refractivity contribution in [1.82, 2.24) is 4.90 Å². The van der Waals surface area contributed by atoms with Crippen LogP contribution in [0.2, 0.25) is 0 Å². The van der Waals surface area contributed by atoms with Crippen LogP contribution in [0, 0.1) is 5.92 Å². The standard InChI is InChI=1S/C18H19NO3/c20-16-3-1-2-14-4-5-15(17(14)16)18(21)19-9-13(10-19)8-12-6-7-22-11-12/h1-3,6-7,11,13,15,20H,4-5,8-10H2. The second-order valence-corrected chi connectivity index (χ2v) is 6.39. The number of likely N-dealkylation sites (tertiary alicyclic amines) is 1. The predicted octanol–water partition coefficient (Wildman–Crippen LogP) is 2.72. The average Bonchev–Trinajstić information content (AvgIpc) is 3.11. The molecule has 2 heterocycles. The highest BCUT2D eigenvalue weighted by Gasteiger charge is 2.38. The summed E-state index contributed by atoms with van der Waals surface area (Å²) in [6.07, 6.45) is 6.12. The molecule has 0 spiro atoms. The van der Waals surface area contributed by atoms with Crippen molar-refractivity contribution in [2.75, 3.05) is 13.1 Å². The van der Waals surface area contributed by atoms with Crippen molar-refractivity contribution < 1.29 is 14.3 Å². The first-order valence-corrected chi connectivity index (χ1v) is 7.83. The van der Waals surface area contributed by atoms with Crippen LogP contribution >= 0.6 is 0 Å². The van der Waals surface area contributed by atoms with Crippen LogP contribution in [0.1, 0.15) is 29.0 Å². The van der Waals surface area contributed by atoms with Gasteiger partial charge in [-0.2, -0.15) is 0 Å². The summed E-state index contributed by atoms with van der Waals surface area (Å²) in [5.41, 5.74) is 3.17. The van der Waals surface area contributed by atoms with Gasteiger partial charge in [0.15, 0.2) is 0 Å². The van der Waals surface area contributed by atoms with Gasteiger partial charge in [-0.05, 0) is 48.4 Å². The number of hydrogen-bond donors (Lipinski definition) is 1. The van der Waals surface area contributed by atoms with Crippen LogP contribution in [-0.4, -0.2) is 29.0 Å². The molecule has 4 rings (SSSR count). The zero-order valence-corrected chi connectivity index (χ0v) is 12.4. The topological polar surface area (TPSA) is 53.7 Å². The van der Waals surface area contributed by atoms with E-state index in [4.69, 9.17) is 4.42 Å². The smallest absolute Gasteiger partial charge is 0.230 e. The maximum Gasteiger partial charge on any atom is 0.230 e. The molecule has 1 atom stereocenters. The summed E-state index contributed by atoms with van der Waals surface area (Å²) in [5, 5.41) is 10.1. The van der Waals surface area contributed by atoms with E-state index < -0.39 is 0 Å². The maximum atomic E-state index is 12.7. The third kappa shape index (κ3) is 2.19. The lowest BCUT2D eigenvalue weighted by molar-refractivity contribution is -0.139. The van der Waals surface area contributed by atoms with Crippen molar-refractivity contribution in [2.24, 2.45) is 5.92 Å². The van der Waals surface area contributed by atoms with E-state index in [0.717, 1.165) is 43.5 Å². The van der Waals surface area contributed by atoms with Gasteiger partial charge >= 0.3 is 0 Å². The molecular formula is C18H19NO3. The number of phenolic OH excluding ortho intramolecular Hbond substituents is 1. The molecule has 1 aromatic heterocycles. The number of fused-ring (bicyclic) bond motifs is 1. The molecule has 1 N–H and O–H groups in total. The van der Waals surface area contributed by atoms with Gasteiger partial charge in [0.25, 0.3) is 0 Å². The zero-order chi connectivity index (χ0) is 15.1. The number of carbonyl (C=O) groups is 1. The molecule has 1 aliphatic heterocycles.